The maximum Gasteiger partial charge on any atom is 0.126 e. The molecule has 3 heterocycles. The number of rotatable bonds is 4. The van der Waals surface area contributed by atoms with Gasteiger partial charge in [0, 0.05) is 39.2 Å². The zero-order valence-electron chi connectivity index (χ0n) is 16.2. The van der Waals surface area contributed by atoms with Gasteiger partial charge >= 0.3 is 0 Å². The zero-order valence-corrected chi connectivity index (χ0v) is 17.0. The third-order valence-electron chi connectivity index (χ3n) is 5.40. The van der Waals surface area contributed by atoms with Crippen LogP contribution in [0.5, 0.6) is 0 Å². The molecule has 0 radical (unpaired) electrons. The van der Waals surface area contributed by atoms with Crippen molar-refractivity contribution in [1.82, 2.24) is 9.97 Å². The third kappa shape index (κ3) is 2.92. The van der Waals surface area contributed by atoms with Gasteiger partial charge in [-0.3, -0.25) is 0 Å². The van der Waals surface area contributed by atoms with Crippen LogP contribution in [-0.4, -0.2) is 15.1 Å². The number of aryl methyl sites for hydroxylation is 1. The van der Waals surface area contributed by atoms with Gasteiger partial charge in [-0.05, 0) is 47.9 Å². The molecule has 0 saturated carbocycles. The molecule has 5 nitrogen and oxygen atoms in total. The van der Waals surface area contributed by atoms with Gasteiger partial charge in [-0.25, -0.2) is 4.98 Å². The van der Waals surface area contributed by atoms with E-state index in [1.807, 2.05) is 42.6 Å². The molecule has 5 rings (SSSR count). The molecule has 0 bridgehead atoms. The molecular formula is C24H18N4OS. The maximum absolute atomic E-state index is 9.72. The summed E-state index contributed by atoms with van der Waals surface area (Å²) in [6, 6.07) is 18.2. The number of hydrogen-bond donors (Lipinski definition) is 3. The molecule has 2 aromatic carbocycles. The van der Waals surface area contributed by atoms with Crippen LogP contribution in [0.25, 0.3) is 31.6 Å². The highest BCUT2D eigenvalue weighted by atomic mass is 32.1. The summed E-state index contributed by atoms with van der Waals surface area (Å²) in [6.07, 6.45) is 3.55. The van der Waals surface area contributed by atoms with E-state index in [1.54, 1.807) is 17.5 Å². The quantitative estimate of drug-likeness (QED) is 0.346. The predicted octanol–water partition coefficient (Wildman–Crippen LogP) is 5.86. The van der Waals surface area contributed by atoms with Gasteiger partial charge in [-0.1, -0.05) is 24.3 Å². The Morgan fingerprint density at radius 3 is 2.87 bits per heavy atom. The summed E-state index contributed by atoms with van der Waals surface area (Å²) < 4.78 is 0. The SMILES string of the molecule is Cc1c(Nc2c(C#N)cnc3sc(-c4ccccc4CO)cc23)ccc2[nH]ccc12. The number of aromatic nitrogens is 2. The molecule has 3 aromatic heterocycles. The lowest BCUT2D eigenvalue weighted by Gasteiger charge is -2.12. The smallest absolute Gasteiger partial charge is 0.126 e. The minimum atomic E-state index is -0.0255. The first-order chi connectivity index (χ1) is 14.7. The second-order valence-electron chi connectivity index (χ2n) is 7.11. The number of nitrogens with zero attached hydrogens (tertiary/aromatic N) is 2. The van der Waals surface area contributed by atoms with Crippen LogP contribution in [0.2, 0.25) is 0 Å². The Bertz CT molecular complexity index is 1440. The Morgan fingerprint density at radius 2 is 2.03 bits per heavy atom. The van der Waals surface area contributed by atoms with E-state index in [1.165, 1.54) is 0 Å². The fourth-order valence-electron chi connectivity index (χ4n) is 3.79. The summed E-state index contributed by atoms with van der Waals surface area (Å²) in [5, 5.41) is 25.0. The zero-order chi connectivity index (χ0) is 20.7. The van der Waals surface area contributed by atoms with E-state index >= 15 is 0 Å². The number of anilines is 2. The molecule has 0 amide bonds. The van der Waals surface area contributed by atoms with Crippen LogP contribution >= 0.6 is 11.3 Å². The molecule has 5 aromatic rings. The standard InChI is InChI=1S/C24H18N4OS/c1-14-17-8-9-26-21(17)7-6-20(14)28-23-16(11-25)12-27-24-19(23)10-22(30-24)18-5-3-2-4-15(18)13-29/h2-10,12,26,29H,13H2,1H3,(H,27,28). The molecule has 0 fully saturated rings. The monoisotopic (exact) mass is 410 g/mol. The number of nitriles is 1. The first-order valence-corrected chi connectivity index (χ1v) is 10.4. The average molecular weight is 411 g/mol. The topological polar surface area (TPSA) is 84.7 Å². The Kier molecular flexibility index (Phi) is 4.47. The van der Waals surface area contributed by atoms with Crippen molar-refractivity contribution >= 4 is 43.8 Å². The fraction of sp³-hybridized carbons (Fsp3) is 0.0833. The van der Waals surface area contributed by atoms with E-state index in [0.29, 0.717) is 5.56 Å². The number of thiophene rings is 1. The van der Waals surface area contributed by atoms with Crippen LogP contribution in [0.3, 0.4) is 0 Å². The van der Waals surface area contributed by atoms with E-state index in [2.05, 4.69) is 40.4 Å². The Balaban J connectivity index is 1.67. The van der Waals surface area contributed by atoms with E-state index < -0.39 is 0 Å². The van der Waals surface area contributed by atoms with Crippen molar-refractivity contribution in [1.29, 1.82) is 5.26 Å². The highest BCUT2D eigenvalue weighted by Gasteiger charge is 2.16. The maximum atomic E-state index is 9.72. The van der Waals surface area contributed by atoms with Crippen LogP contribution < -0.4 is 5.32 Å². The van der Waals surface area contributed by atoms with Gasteiger partial charge in [-0.2, -0.15) is 5.26 Å². The first kappa shape index (κ1) is 18.4. The second kappa shape index (κ2) is 7.30. The summed E-state index contributed by atoms with van der Waals surface area (Å²) in [6.45, 7) is 2.04. The molecule has 30 heavy (non-hydrogen) atoms. The Hall–Kier alpha value is -3.66. The van der Waals surface area contributed by atoms with Crippen LogP contribution in [0.15, 0.2) is 60.9 Å². The molecule has 146 valence electrons. The number of aliphatic hydroxyl groups excluding tert-OH is 1. The lowest BCUT2D eigenvalue weighted by atomic mass is 10.1. The number of benzene rings is 2. The third-order valence-corrected chi connectivity index (χ3v) is 6.48. The van der Waals surface area contributed by atoms with Crippen molar-refractivity contribution in [2.24, 2.45) is 0 Å². The van der Waals surface area contributed by atoms with Crippen LogP contribution in [0, 0.1) is 18.3 Å². The second-order valence-corrected chi connectivity index (χ2v) is 8.14. The Labute approximate surface area is 177 Å². The largest absolute Gasteiger partial charge is 0.392 e. The van der Waals surface area contributed by atoms with Gasteiger partial charge < -0.3 is 15.4 Å². The van der Waals surface area contributed by atoms with Gasteiger partial charge in [-0.15, -0.1) is 11.3 Å². The summed E-state index contributed by atoms with van der Waals surface area (Å²) in [5.74, 6) is 0. The molecule has 0 atom stereocenters. The number of aliphatic hydroxyl groups is 1. The highest BCUT2D eigenvalue weighted by molar-refractivity contribution is 7.22. The highest BCUT2D eigenvalue weighted by Crippen LogP contribution is 2.40. The molecular weight excluding hydrogens is 392 g/mol. The molecule has 3 N–H and O–H groups in total. The van der Waals surface area contributed by atoms with Gasteiger partial charge in [0.25, 0.3) is 0 Å². The number of pyridine rings is 1. The van der Waals surface area contributed by atoms with Gasteiger partial charge in [0.1, 0.15) is 10.9 Å². The normalized spacial score (nSPS) is 11.1. The van der Waals surface area contributed by atoms with Crippen molar-refractivity contribution in [3.8, 4) is 16.5 Å². The molecule has 0 aliphatic rings. The summed E-state index contributed by atoms with van der Waals surface area (Å²) >= 11 is 1.56. The van der Waals surface area contributed by atoms with E-state index in [-0.39, 0.29) is 6.61 Å². The van der Waals surface area contributed by atoms with Crippen molar-refractivity contribution in [3.05, 3.63) is 77.6 Å². The summed E-state index contributed by atoms with van der Waals surface area (Å²) in [7, 11) is 0. The average Bonchev–Trinajstić information content (AvgIpc) is 3.43. The van der Waals surface area contributed by atoms with Crippen LogP contribution in [-0.2, 0) is 6.61 Å². The molecule has 6 heteroatoms. The van der Waals surface area contributed by atoms with E-state index in [9.17, 15) is 10.4 Å². The van der Waals surface area contributed by atoms with Crippen molar-refractivity contribution < 1.29 is 5.11 Å². The number of hydrogen-bond acceptors (Lipinski definition) is 5. The number of H-pyrrole nitrogens is 1. The minimum absolute atomic E-state index is 0.0255. The molecule has 0 aliphatic carbocycles. The minimum Gasteiger partial charge on any atom is -0.392 e. The van der Waals surface area contributed by atoms with E-state index in [0.717, 1.165) is 54.1 Å². The van der Waals surface area contributed by atoms with Crippen LogP contribution in [0.4, 0.5) is 11.4 Å². The van der Waals surface area contributed by atoms with E-state index in [4.69, 9.17) is 0 Å². The molecule has 0 aliphatic heterocycles. The van der Waals surface area contributed by atoms with Crippen molar-refractivity contribution in [3.63, 3.8) is 0 Å². The van der Waals surface area contributed by atoms with Gasteiger partial charge in [0.15, 0.2) is 0 Å². The molecule has 0 spiro atoms. The Morgan fingerprint density at radius 1 is 1.17 bits per heavy atom. The number of fused-ring (bicyclic) bond motifs is 2. The van der Waals surface area contributed by atoms with Gasteiger partial charge in [0.05, 0.1) is 17.9 Å². The lowest BCUT2D eigenvalue weighted by Crippen LogP contribution is -1.97. The predicted molar refractivity (Wildman–Crippen MR) is 122 cm³/mol. The summed E-state index contributed by atoms with van der Waals surface area (Å²) in [5.41, 5.74) is 6.25. The molecule has 0 unspecified atom stereocenters. The van der Waals surface area contributed by atoms with Crippen molar-refractivity contribution in [2.75, 3.05) is 5.32 Å². The van der Waals surface area contributed by atoms with Crippen molar-refractivity contribution in [2.45, 2.75) is 13.5 Å². The lowest BCUT2D eigenvalue weighted by molar-refractivity contribution is 0.282. The summed E-state index contributed by atoms with van der Waals surface area (Å²) in [4.78, 5) is 9.59. The number of aromatic amines is 1. The number of nitrogens with one attached hydrogen (secondary N) is 2. The van der Waals surface area contributed by atoms with Gasteiger partial charge in [0.2, 0.25) is 0 Å². The first-order valence-electron chi connectivity index (χ1n) is 9.55. The van der Waals surface area contributed by atoms with Crippen LogP contribution in [0.1, 0.15) is 16.7 Å². The molecule has 0 saturated heterocycles. The fourth-order valence-corrected chi connectivity index (χ4v) is 4.86.